The lowest BCUT2D eigenvalue weighted by Crippen LogP contribution is -2.50. The number of anilines is 2. The smallest absolute Gasteiger partial charge is 0.234 e. The van der Waals surface area contributed by atoms with Crippen LogP contribution in [0.5, 0.6) is 0 Å². The first-order valence-corrected chi connectivity index (χ1v) is 11.9. The zero-order chi connectivity index (χ0) is 22.6. The molecule has 5 rings (SSSR count). The predicted molar refractivity (Wildman–Crippen MR) is 132 cm³/mol. The lowest BCUT2D eigenvalue weighted by Gasteiger charge is -2.37. The van der Waals surface area contributed by atoms with Crippen LogP contribution < -0.4 is 9.80 Å². The summed E-state index contributed by atoms with van der Waals surface area (Å²) < 4.78 is 0. The predicted octanol–water partition coefficient (Wildman–Crippen LogP) is 3.87. The normalized spacial score (nSPS) is 16.5. The Hall–Kier alpha value is -3.41. The fraction of sp³-hybridized carbons (Fsp3) is 0.370. The molecule has 6 nitrogen and oxygen atoms in total. The highest BCUT2D eigenvalue weighted by Gasteiger charge is 2.30. The minimum Gasteiger partial charge on any atom is -0.356 e. The van der Waals surface area contributed by atoms with E-state index in [0.717, 1.165) is 54.8 Å². The van der Waals surface area contributed by atoms with Gasteiger partial charge in [0.25, 0.3) is 0 Å². The van der Waals surface area contributed by atoms with Gasteiger partial charge in [-0.15, -0.1) is 0 Å². The molecule has 0 saturated carbocycles. The molecule has 6 heteroatoms. The first-order valence-electron chi connectivity index (χ1n) is 11.9. The average molecular weight is 442 g/mol. The number of aryl methyl sites for hydroxylation is 1. The first-order chi connectivity index (χ1) is 16.2. The third-order valence-electron chi connectivity index (χ3n) is 6.67. The third kappa shape index (κ3) is 4.70. The van der Waals surface area contributed by atoms with E-state index in [1.165, 1.54) is 12.8 Å². The molecule has 0 N–H and O–H groups in total. The van der Waals surface area contributed by atoms with Crippen LogP contribution in [0.4, 0.5) is 11.6 Å². The van der Waals surface area contributed by atoms with Crippen LogP contribution in [0, 0.1) is 6.92 Å². The van der Waals surface area contributed by atoms with Gasteiger partial charge in [-0.1, -0.05) is 60.7 Å². The van der Waals surface area contributed by atoms with Gasteiger partial charge in [-0.05, 0) is 30.9 Å². The molecule has 0 bridgehead atoms. The Morgan fingerprint density at radius 2 is 1.21 bits per heavy atom. The molecular weight excluding hydrogens is 410 g/mol. The molecule has 3 heterocycles. The molecule has 0 radical (unpaired) electrons. The summed E-state index contributed by atoms with van der Waals surface area (Å²) >= 11 is 0. The van der Waals surface area contributed by atoms with Gasteiger partial charge >= 0.3 is 0 Å². The Balaban J connectivity index is 1.32. The molecule has 0 atom stereocenters. The van der Waals surface area contributed by atoms with Crippen molar-refractivity contribution >= 4 is 17.5 Å². The van der Waals surface area contributed by atoms with E-state index in [4.69, 9.17) is 4.98 Å². The molecule has 0 spiro atoms. The molecule has 1 aromatic heterocycles. The van der Waals surface area contributed by atoms with Crippen LogP contribution in [0.1, 0.15) is 35.7 Å². The van der Waals surface area contributed by atoms with Gasteiger partial charge in [0.2, 0.25) is 5.91 Å². The second-order valence-corrected chi connectivity index (χ2v) is 8.89. The largest absolute Gasteiger partial charge is 0.356 e. The van der Waals surface area contributed by atoms with Crippen molar-refractivity contribution in [3.05, 3.63) is 83.7 Å². The van der Waals surface area contributed by atoms with Gasteiger partial charge in [0.15, 0.2) is 0 Å². The number of carbonyl (C=O) groups is 1. The molecular formula is C27H31N5O. The lowest BCUT2D eigenvalue weighted by molar-refractivity contribution is -0.132. The average Bonchev–Trinajstić information content (AvgIpc) is 3.41. The standard InChI is InChI=1S/C27H31N5O/c1-21-28-24(30-14-8-9-15-30)20-25(29-21)31-16-18-32(19-17-31)27(33)26(22-10-4-2-5-11-22)23-12-6-3-7-13-23/h2-7,10-13,20,26H,8-9,14-19H2,1H3. The summed E-state index contributed by atoms with van der Waals surface area (Å²) in [6, 6.07) is 22.3. The lowest BCUT2D eigenvalue weighted by atomic mass is 9.90. The van der Waals surface area contributed by atoms with E-state index in [0.29, 0.717) is 13.1 Å². The molecule has 33 heavy (non-hydrogen) atoms. The van der Waals surface area contributed by atoms with Gasteiger partial charge in [0.05, 0.1) is 5.92 Å². The van der Waals surface area contributed by atoms with E-state index in [9.17, 15) is 4.79 Å². The van der Waals surface area contributed by atoms with Crippen molar-refractivity contribution in [3.63, 3.8) is 0 Å². The molecule has 0 unspecified atom stereocenters. The molecule has 170 valence electrons. The van der Waals surface area contributed by atoms with Gasteiger partial charge < -0.3 is 14.7 Å². The highest BCUT2D eigenvalue weighted by molar-refractivity contribution is 5.87. The van der Waals surface area contributed by atoms with Crippen molar-refractivity contribution < 1.29 is 4.79 Å². The summed E-state index contributed by atoms with van der Waals surface area (Å²) in [5.74, 6) is 2.70. The number of hydrogen-bond acceptors (Lipinski definition) is 5. The minimum atomic E-state index is -0.276. The summed E-state index contributed by atoms with van der Waals surface area (Å²) in [5.41, 5.74) is 2.08. The van der Waals surface area contributed by atoms with Crippen LogP contribution in [-0.4, -0.2) is 60.0 Å². The van der Waals surface area contributed by atoms with Crippen molar-refractivity contribution in [1.29, 1.82) is 0 Å². The van der Waals surface area contributed by atoms with Crippen LogP contribution in [0.25, 0.3) is 0 Å². The summed E-state index contributed by atoms with van der Waals surface area (Å²) in [4.78, 5) is 29.7. The van der Waals surface area contributed by atoms with Gasteiger partial charge in [0.1, 0.15) is 17.5 Å². The van der Waals surface area contributed by atoms with Crippen LogP contribution in [0.2, 0.25) is 0 Å². The van der Waals surface area contributed by atoms with E-state index >= 15 is 0 Å². The van der Waals surface area contributed by atoms with Gasteiger partial charge in [0, 0.05) is 45.3 Å². The van der Waals surface area contributed by atoms with E-state index in [-0.39, 0.29) is 11.8 Å². The molecule has 0 aliphatic carbocycles. The van der Waals surface area contributed by atoms with Crippen LogP contribution in [-0.2, 0) is 4.79 Å². The number of carbonyl (C=O) groups excluding carboxylic acids is 1. The Morgan fingerprint density at radius 1 is 0.727 bits per heavy atom. The molecule has 2 saturated heterocycles. The maximum atomic E-state index is 13.7. The number of benzene rings is 2. The van der Waals surface area contributed by atoms with Crippen LogP contribution in [0.15, 0.2) is 66.7 Å². The Morgan fingerprint density at radius 3 is 1.73 bits per heavy atom. The molecule has 2 aromatic carbocycles. The number of aromatic nitrogens is 2. The highest BCUT2D eigenvalue weighted by Crippen LogP contribution is 2.28. The molecule has 2 fully saturated rings. The van der Waals surface area contributed by atoms with E-state index in [1.54, 1.807) is 0 Å². The number of rotatable bonds is 5. The third-order valence-corrected chi connectivity index (χ3v) is 6.67. The van der Waals surface area contributed by atoms with Crippen molar-refractivity contribution in [2.24, 2.45) is 0 Å². The molecule has 2 aliphatic heterocycles. The summed E-state index contributed by atoms with van der Waals surface area (Å²) in [7, 11) is 0. The quantitative estimate of drug-likeness (QED) is 0.602. The number of hydrogen-bond donors (Lipinski definition) is 0. The van der Waals surface area contributed by atoms with E-state index in [2.05, 4.69) is 45.1 Å². The molecule has 1 amide bonds. The highest BCUT2D eigenvalue weighted by atomic mass is 16.2. The Bertz CT molecular complexity index is 1030. The Kier molecular flexibility index (Phi) is 6.24. The zero-order valence-corrected chi connectivity index (χ0v) is 19.2. The minimum absolute atomic E-state index is 0.170. The van der Waals surface area contributed by atoms with Crippen LogP contribution >= 0.6 is 0 Å². The fourth-order valence-corrected chi connectivity index (χ4v) is 4.91. The number of nitrogens with zero attached hydrogens (tertiary/aromatic N) is 5. The fourth-order valence-electron chi connectivity index (χ4n) is 4.91. The molecule has 3 aromatic rings. The second-order valence-electron chi connectivity index (χ2n) is 8.89. The van der Waals surface area contributed by atoms with Gasteiger partial charge in [-0.3, -0.25) is 4.79 Å². The maximum Gasteiger partial charge on any atom is 0.234 e. The Labute approximate surface area is 195 Å². The summed E-state index contributed by atoms with van der Waals surface area (Å²) in [6.45, 7) is 7.04. The van der Waals surface area contributed by atoms with Crippen molar-refractivity contribution in [3.8, 4) is 0 Å². The molecule has 2 aliphatic rings. The van der Waals surface area contributed by atoms with Crippen LogP contribution in [0.3, 0.4) is 0 Å². The van der Waals surface area contributed by atoms with E-state index < -0.39 is 0 Å². The summed E-state index contributed by atoms with van der Waals surface area (Å²) in [6.07, 6.45) is 2.45. The van der Waals surface area contributed by atoms with Gasteiger partial charge in [-0.2, -0.15) is 0 Å². The SMILES string of the molecule is Cc1nc(N2CCCC2)cc(N2CCN(C(=O)C(c3ccccc3)c3ccccc3)CC2)n1. The zero-order valence-electron chi connectivity index (χ0n) is 19.2. The van der Waals surface area contributed by atoms with Gasteiger partial charge in [-0.25, -0.2) is 9.97 Å². The first kappa shape index (κ1) is 21.4. The maximum absolute atomic E-state index is 13.7. The number of amides is 1. The van der Waals surface area contributed by atoms with Crippen molar-refractivity contribution in [2.75, 3.05) is 49.1 Å². The van der Waals surface area contributed by atoms with Crippen molar-refractivity contribution in [2.45, 2.75) is 25.7 Å². The van der Waals surface area contributed by atoms with E-state index in [1.807, 2.05) is 48.2 Å². The summed E-state index contributed by atoms with van der Waals surface area (Å²) in [5, 5.41) is 0. The second kappa shape index (κ2) is 9.61. The van der Waals surface area contributed by atoms with Crippen molar-refractivity contribution in [1.82, 2.24) is 14.9 Å². The number of piperazine rings is 1. The topological polar surface area (TPSA) is 52.6 Å². The monoisotopic (exact) mass is 441 g/mol.